The quantitative estimate of drug-likeness (QED) is 0.822. The van der Waals surface area contributed by atoms with Gasteiger partial charge < -0.3 is 10.5 Å². The molecule has 1 heterocycles. The summed E-state index contributed by atoms with van der Waals surface area (Å²) in [4.78, 5) is 13.3. The largest absolute Gasteiger partial charge is 0.465 e. The number of hydrogen-bond acceptors (Lipinski definition) is 4. The Morgan fingerprint density at radius 2 is 2.06 bits per heavy atom. The van der Waals surface area contributed by atoms with E-state index in [1.807, 2.05) is 6.07 Å². The van der Waals surface area contributed by atoms with Crippen LogP contribution in [-0.2, 0) is 10.2 Å². The van der Waals surface area contributed by atoms with Gasteiger partial charge in [-0.25, -0.2) is 4.79 Å². The minimum Gasteiger partial charge on any atom is -0.465 e. The van der Waals surface area contributed by atoms with Crippen molar-refractivity contribution >= 4 is 23.0 Å². The maximum Gasteiger partial charge on any atom is 0.350 e. The zero-order valence-electron chi connectivity index (χ0n) is 10.4. The van der Waals surface area contributed by atoms with Crippen LogP contribution >= 0.6 is 11.3 Å². The fourth-order valence-corrected chi connectivity index (χ4v) is 3.73. The van der Waals surface area contributed by atoms with Crippen molar-refractivity contribution in [1.82, 2.24) is 0 Å². The van der Waals surface area contributed by atoms with Crippen LogP contribution in [-0.4, -0.2) is 13.1 Å². The summed E-state index contributed by atoms with van der Waals surface area (Å²) in [5.41, 5.74) is 6.65. The molecule has 4 heteroatoms. The maximum absolute atomic E-state index is 11.5. The zero-order chi connectivity index (χ0) is 12.5. The fourth-order valence-electron chi connectivity index (χ4n) is 2.53. The first kappa shape index (κ1) is 12.4. The number of carbonyl (C=O) groups is 1. The number of anilines is 1. The normalized spacial score (nSPS) is 18.9. The van der Waals surface area contributed by atoms with Gasteiger partial charge >= 0.3 is 5.97 Å². The van der Waals surface area contributed by atoms with Crippen LogP contribution in [0, 0.1) is 0 Å². The van der Waals surface area contributed by atoms with Crippen LogP contribution in [0.2, 0.25) is 0 Å². The van der Waals surface area contributed by atoms with Crippen molar-refractivity contribution in [3.63, 3.8) is 0 Å². The minimum absolute atomic E-state index is 0.198. The van der Waals surface area contributed by atoms with Crippen LogP contribution in [0.15, 0.2) is 6.07 Å². The molecule has 1 aromatic heterocycles. The topological polar surface area (TPSA) is 52.3 Å². The van der Waals surface area contributed by atoms with Crippen LogP contribution < -0.4 is 5.73 Å². The van der Waals surface area contributed by atoms with Crippen LogP contribution in [0.5, 0.6) is 0 Å². The Bertz CT molecular complexity index is 419. The monoisotopic (exact) mass is 253 g/mol. The Balaban J connectivity index is 2.30. The molecule has 1 saturated carbocycles. The van der Waals surface area contributed by atoms with Gasteiger partial charge in [-0.3, -0.25) is 0 Å². The Morgan fingerprint density at radius 1 is 1.41 bits per heavy atom. The minimum atomic E-state index is -0.321. The van der Waals surface area contributed by atoms with E-state index in [0.29, 0.717) is 10.6 Å². The van der Waals surface area contributed by atoms with Gasteiger partial charge in [-0.2, -0.15) is 0 Å². The van der Waals surface area contributed by atoms with Crippen molar-refractivity contribution in [3.8, 4) is 0 Å². The summed E-state index contributed by atoms with van der Waals surface area (Å²) in [6.07, 6.45) is 6.23. The second kappa shape index (κ2) is 4.69. The summed E-state index contributed by atoms with van der Waals surface area (Å²) < 4.78 is 4.74. The molecule has 0 spiro atoms. The van der Waals surface area contributed by atoms with Crippen molar-refractivity contribution in [1.29, 1.82) is 0 Å². The Kier molecular flexibility index (Phi) is 3.43. The molecule has 0 radical (unpaired) electrons. The molecule has 0 unspecified atom stereocenters. The molecule has 2 N–H and O–H groups in total. The van der Waals surface area contributed by atoms with Gasteiger partial charge in [0.15, 0.2) is 0 Å². The Morgan fingerprint density at radius 3 is 2.65 bits per heavy atom. The lowest BCUT2D eigenvalue weighted by Gasteiger charge is -2.32. The summed E-state index contributed by atoms with van der Waals surface area (Å²) in [6, 6.07) is 1.96. The lowest BCUT2D eigenvalue weighted by atomic mass is 9.75. The van der Waals surface area contributed by atoms with Gasteiger partial charge in [0.2, 0.25) is 0 Å². The molecular weight excluding hydrogens is 234 g/mol. The summed E-state index contributed by atoms with van der Waals surface area (Å²) >= 11 is 1.50. The third-order valence-electron chi connectivity index (χ3n) is 3.68. The van der Waals surface area contributed by atoms with Gasteiger partial charge in [0.25, 0.3) is 0 Å². The number of nitrogens with two attached hydrogens (primary N) is 1. The second-order valence-corrected chi connectivity index (χ2v) is 6.06. The van der Waals surface area contributed by atoms with Gasteiger partial charge in [-0.05, 0) is 18.9 Å². The van der Waals surface area contributed by atoms with E-state index in [4.69, 9.17) is 10.5 Å². The molecule has 1 aromatic rings. The van der Waals surface area contributed by atoms with Crippen LogP contribution in [0.3, 0.4) is 0 Å². The maximum atomic E-state index is 11.5. The highest BCUT2D eigenvalue weighted by Gasteiger charge is 2.32. The molecule has 94 valence electrons. The van der Waals surface area contributed by atoms with E-state index in [9.17, 15) is 4.79 Å². The molecule has 1 aliphatic carbocycles. The van der Waals surface area contributed by atoms with Gasteiger partial charge in [-0.15, -0.1) is 11.3 Å². The first-order chi connectivity index (χ1) is 8.07. The predicted molar refractivity (Wildman–Crippen MR) is 70.5 cm³/mol. The van der Waals surface area contributed by atoms with Crippen molar-refractivity contribution in [2.24, 2.45) is 0 Å². The summed E-state index contributed by atoms with van der Waals surface area (Å²) in [6.45, 7) is 2.28. The SMILES string of the molecule is COC(=O)c1sc(C2(C)CCCCC2)cc1N. The van der Waals surface area contributed by atoms with Gasteiger partial charge in [0.05, 0.1) is 12.8 Å². The van der Waals surface area contributed by atoms with Crippen molar-refractivity contribution in [3.05, 3.63) is 15.8 Å². The lowest BCUT2D eigenvalue weighted by Crippen LogP contribution is -2.23. The smallest absolute Gasteiger partial charge is 0.350 e. The van der Waals surface area contributed by atoms with Crippen molar-refractivity contribution in [2.45, 2.75) is 44.4 Å². The molecule has 0 amide bonds. The number of thiophene rings is 1. The molecule has 0 bridgehead atoms. The standard InChI is InChI=1S/C13H19NO2S/c1-13(6-4-3-5-7-13)10-8-9(14)11(17-10)12(15)16-2/h8H,3-7,14H2,1-2H3. The molecule has 1 fully saturated rings. The number of ether oxygens (including phenoxy) is 1. The third-order valence-corrected chi connectivity index (χ3v) is 5.12. The summed E-state index contributed by atoms with van der Waals surface area (Å²) in [5.74, 6) is -0.321. The summed E-state index contributed by atoms with van der Waals surface area (Å²) in [5, 5.41) is 0. The van der Waals surface area contributed by atoms with Crippen LogP contribution in [0.4, 0.5) is 5.69 Å². The second-order valence-electron chi connectivity index (χ2n) is 5.01. The van der Waals surface area contributed by atoms with Gasteiger partial charge in [0.1, 0.15) is 4.88 Å². The molecule has 3 nitrogen and oxygen atoms in total. The highest BCUT2D eigenvalue weighted by Crippen LogP contribution is 2.43. The molecule has 0 atom stereocenters. The molecule has 2 rings (SSSR count). The number of rotatable bonds is 2. The zero-order valence-corrected chi connectivity index (χ0v) is 11.2. The Labute approximate surface area is 106 Å². The number of hydrogen-bond donors (Lipinski definition) is 1. The number of methoxy groups -OCH3 is 1. The van der Waals surface area contributed by atoms with Crippen LogP contribution in [0.1, 0.15) is 53.6 Å². The average molecular weight is 253 g/mol. The summed E-state index contributed by atoms with van der Waals surface area (Å²) in [7, 11) is 1.39. The molecule has 0 aromatic carbocycles. The Hall–Kier alpha value is -1.03. The first-order valence-electron chi connectivity index (χ1n) is 6.05. The molecule has 0 saturated heterocycles. The molecule has 0 aliphatic heterocycles. The fraction of sp³-hybridized carbons (Fsp3) is 0.615. The van der Waals surface area contributed by atoms with E-state index in [1.54, 1.807) is 0 Å². The third kappa shape index (κ3) is 2.32. The van der Waals surface area contributed by atoms with Crippen molar-refractivity contribution < 1.29 is 9.53 Å². The van der Waals surface area contributed by atoms with E-state index in [0.717, 1.165) is 0 Å². The molecular formula is C13H19NO2S. The molecule has 1 aliphatic rings. The first-order valence-corrected chi connectivity index (χ1v) is 6.86. The highest BCUT2D eigenvalue weighted by atomic mass is 32.1. The van der Waals surface area contributed by atoms with Gasteiger partial charge in [0, 0.05) is 10.3 Å². The van der Waals surface area contributed by atoms with E-state index in [2.05, 4.69) is 6.92 Å². The van der Waals surface area contributed by atoms with Crippen LogP contribution in [0.25, 0.3) is 0 Å². The van der Waals surface area contributed by atoms with Crippen molar-refractivity contribution in [2.75, 3.05) is 12.8 Å². The van der Waals surface area contributed by atoms with E-state index in [-0.39, 0.29) is 11.4 Å². The average Bonchev–Trinajstić information content (AvgIpc) is 2.72. The number of carbonyl (C=O) groups excluding carboxylic acids is 1. The lowest BCUT2D eigenvalue weighted by molar-refractivity contribution is 0.0607. The number of esters is 1. The van der Waals surface area contributed by atoms with E-state index < -0.39 is 0 Å². The van der Waals surface area contributed by atoms with Gasteiger partial charge in [-0.1, -0.05) is 26.2 Å². The number of nitrogen functional groups attached to an aromatic ring is 1. The highest BCUT2D eigenvalue weighted by molar-refractivity contribution is 7.14. The van der Waals surface area contributed by atoms with E-state index in [1.165, 1.54) is 55.4 Å². The van der Waals surface area contributed by atoms with E-state index >= 15 is 0 Å². The predicted octanol–water partition coefficient (Wildman–Crippen LogP) is 3.34. The molecule has 17 heavy (non-hydrogen) atoms.